The lowest BCUT2D eigenvalue weighted by Crippen LogP contribution is -2.49. The van der Waals surface area contributed by atoms with Crippen molar-refractivity contribution in [1.29, 1.82) is 0 Å². The normalized spacial score (nSPS) is 17.4. The van der Waals surface area contributed by atoms with E-state index in [4.69, 9.17) is 4.99 Å². The molecule has 39 heavy (non-hydrogen) atoms. The van der Waals surface area contributed by atoms with Gasteiger partial charge in [-0.05, 0) is 43.0 Å². The smallest absolute Gasteiger partial charge is 0.321 e. The summed E-state index contributed by atoms with van der Waals surface area (Å²) in [5.74, 6) is -0.658. The SMILES string of the molecule is CC(=O)N(c1cccc(NC(=O)NC2N=C(c3ccccc3)c3ccccc3N(CC3CC3)C2=O)c1)S(=O)[O-]. The van der Waals surface area contributed by atoms with Crippen LogP contribution in [0.25, 0.3) is 0 Å². The van der Waals surface area contributed by atoms with E-state index >= 15 is 0 Å². The topological polar surface area (TPSA) is 134 Å². The van der Waals surface area contributed by atoms with Crippen LogP contribution in [0.2, 0.25) is 0 Å². The lowest BCUT2D eigenvalue weighted by atomic mass is 10.00. The molecule has 3 aromatic carbocycles. The van der Waals surface area contributed by atoms with Crippen molar-refractivity contribution in [3.63, 3.8) is 0 Å². The average Bonchev–Trinajstić information content (AvgIpc) is 3.74. The van der Waals surface area contributed by atoms with E-state index in [0.717, 1.165) is 36.6 Å². The lowest BCUT2D eigenvalue weighted by molar-refractivity contribution is -0.120. The standard InChI is InChI=1S/C28H27N5O5S/c1-18(34)33(39(37)38)22-11-7-10-21(16-22)29-28(36)31-26-27(35)32(17-19-14-15-19)24-13-6-5-12-23(24)25(30-26)20-8-3-2-4-9-20/h2-13,16,19,26H,14-15,17H2,1H3,(H,37,38)(H2,29,31,36)/p-1. The fraction of sp³-hybridized carbons (Fsp3) is 0.214. The van der Waals surface area contributed by atoms with Gasteiger partial charge in [0.1, 0.15) is 0 Å². The van der Waals surface area contributed by atoms with Crippen molar-refractivity contribution in [3.05, 3.63) is 90.0 Å². The lowest BCUT2D eigenvalue weighted by Gasteiger charge is -2.25. The van der Waals surface area contributed by atoms with Gasteiger partial charge in [0, 0.05) is 30.3 Å². The van der Waals surface area contributed by atoms with Crippen LogP contribution in [0, 0.1) is 5.92 Å². The molecule has 4 amide bonds. The first kappa shape index (κ1) is 26.3. The minimum atomic E-state index is -2.83. The van der Waals surface area contributed by atoms with Crippen LogP contribution in [-0.2, 0) is 20.9 Å². The average molecular weight is 545 g/mol. The molecule has 1 aliphatic carbocycles. The zero-order chi connectivity index (χ0) is 27.5. The fourth-order valence-electron chi connectivity index (χ4n) is 4.47. The summed E-state index contributed by atoms with van der Waals surface area (Å²) in [5, 5.41) is 5.30. The summed E-state index contributed by atoms with van der Waals surface area (Å²) in [5.41, 5.74) is 3.22. The number of anilines is 3. The van der Waals surface area contributed by atoms with E-state index in [0.29, 0.717) is 22.5 Å². The molecule has 5 rings (SSSR count). The molecule has 0 spiro atoms. The Morgan fingerprint density at radius 2 is 1.77 bits per heavy atom. The van der Waals surface area contributed by atoms with Crippen LogP contribution < -0.4 is 19.8 Å². The third-order valence-corrected chi connectivity index (χ3v) is 7.20. The number of rotatable bonds is 7. The van der Waals surface area contributed by atoms with E-state index in [1.54, 1.807) is 4.90 Å². The second kappa shape index (κ2) is 11.2. The molecule has 1 heterocycles. The molecule has 11 heteroatoms. The van der Waals surface area contributed by atoms with Gasteiger partial charge in [-0.15, -0.1) is 0 Å². The molecule has 1 fully saturated rings. The predicted molar refractivity (Wildman–Crippen MR) is 148 cm³/mol. The number of urea groups is 1. The molecule has 200 valence electrons. The molecule has 2 aliphatic rings. The van der Waals surface area contributed by atoms with Crippen LogP contribution in [0.5, 0.6) is 0 Å². The number of nitrogens with zero attached hydrogens (tertiary/aromatic N) is 3. The number of benzene rings is 3. The first-order valence-corrected chi connectivity index (χ1v) is 13.5. The number of carbonyl (C=O) groups excluding carboxylic acids is 3. The van der Waals surface area contributed by atoms with Gasteiger partial charge in [-0.1, -0.05) is 54.6 Å². The monoisotopic (exact) mass is 544 g/mol. The highest BCUT2D eigenvalue weighted by atomic mass is 32.2. The van der Waals surface area contributed by atoms with E-state index in [9.17, 15) is 23.1 Å². The second-order valence-corrected chi connectivity index (χ2v) is 10.1. The minimum Gasteiger partial charge on any atom is -0.755 e. The second-order valence-electron chi connectivity index (χ2n) is 9.33. The number of amides is 4. The maximum Gasteiger partial charge on any atom is 0.321 e. The highest BCUT2D eigenvalue weighted by molar-refractivity contribution is 7.81. The summed E-state index contributed by atoms with van der Waals surface area (Å²) in [6.07, 6.45) is 0.870. The minimum absolute atomic E-state index is 0.0645. The first-order valence-electron chi connectivity index (χ1n) is 12.4. The molecule has 2 N–H and O–H groups in total. The van der Waals surface area contributed by atoms with Crippen LogP contribution in [0.4, 0.5) is 21.9 Å². The van der Waals surface area contributed by atoms with Crippen molar-refractivity contribution in [2.24, 2.45) is 10.9 Å². The molecule has 1 saturated carbocycles. The molecular formula is C28H26N5O5S-. The molecule has 2 atom stereocenters. The number of carbonyl (C=O) groups is 3. The zero-order valence-corrected chi connectivity index (χ0v) is 21.9. The van der Waals surface area contributed by atoms with Gasteiger partial charge in [0.05, 0.1) is 28.4 Å². The molecule has 0 aromatic heterocycles. The summed E-state index contributed by atoms with van der Waals surface area (Å²) >= 11 is -2.83. The van der Waals surface area contributed by atoms with Gasteiger partial charge in [0.25, 0.3) is 5.91 Å². The molecule has 2 unspecified atom stereocenters. The van der Waals surface area contributed by atoms with Crippen LogP contribution in [0.1, 0.15) is 30.9 Å². The van der Waals surface area contributed by atoms with Crippen LogP contribution in [0.15, 0.2) is 83.9 Å². The molecule has 0 radical (unpaired) electrons. The van der Waals surface area contributed by atoms with Gasteiger partial charge < -0.3 is 20.1 Å². The fourth-order valence-corrected chi connectivity index (χ4v) is 4.97. The summed E-state index contributed by atoms with van der Waals surface area (Å²) in [6, 6.07) is 22.2. The molecule has 0 saturated heterocycles. The van der Waals surface area contributed by atoms with Crippen molar-refractivity contribution in [2.75, 3.05) is 21.1 Å². The number of aliphatic imine (C=N–C) groups is 1. The Hall–Kier alpha value is -4.35. The number of para-hydroxylation sites is 1. The van der Waals surface area contributed by atoms with E-state index in [1.807, 2.05) is 54.6 Å². The van der Waals surface area contributed by atoms with E-state index < -0.39 is 29.4 Å². The number of nitrogens with one attached hydrogen (secondary N) is 2. The van der Waals surface area contributed by atoms with Gasteiger partial charge in [-0.3, -0.25) is 13.8 Å². The summed E-state index contributed by atoms with van der Waals surface area (Å²) in [7, 11) is 0. The van der Waals surface area contributed by atoms with Gasteiger partial charge in [-0.25, -0.2) is 14.1 Å². The Balaban J connectivity index is 1.45. The molecule has 3 aromatic rings. The molecule has 0 bridgehead atoms. The van der Waals surface area contributed by atoms with Crippen molar-refractivity contribution in [1.82, 2.24) is 5.32 Å². The Bertz CT molecular complexity index is 1460. The Kier molecular flexibility index (Phi) is 7.53. The quantitative estimate of drug-likeness (QED) is 0.439. The van der Waals surface area contributed by atoms with E-state index in [-0.39, 0.29) is 17.3 Å². The van der Waals surface area contributed by atoms with Crippen LogP contribution >= 0.6 is 0 Å². The molecule has 10 nitrogen and oxygen atoms in total. The maximum atomic E-state index is 13.8. The number of fused-ring (bicyclic) bond motifs is 1. The number of hydrogen-bond acceptors (Lipinski definition) is 6. The maximum absolute atomic E-state index is 13.8. The Morgan fingerprint density at radius 3 is 2.46 bits per heavy atom. The van der Waals surface area contributed by atoms with Crippen molar-refractivity contribution in [2.45, 2.75) is 25.9 Å². The van der Waals surface area contributed by atoms with Crippen LogP contribution in [0.3, 0.4) is 0 Å². The number of hydrogen-bond donors (Lipinski definition) is 2. The largest absolute Gasteiger partial charge is 0.755 e. The molecular weight excluding hydrogens is 518 g/mol. The van der Waals surface area contributed by atoms with Crippen molar-refractivity contribution in [3.8, 4) is 0 Å². The van der Waals surface area contributed by atoms with E-state index in [2.05, 4.69) is 10.6 Å². The van der Waals surface area contributed by atoms with Crippen LogP contribution in [-0.4, -0.2) is 45.0 Å². The summed E-state index contributed by atoms with van der Waals surface area (Å²) in [4.78, 5) is 45.1. The first-order chi connectivity index (χ1) is 18.8. The Labute approximate surface area is 228 Å². The van der Waals surface area contributed by atoms with Gasteiger partial charge in [0.15, 0.2) is 0 Å². The van der Waals surface area contributed by atoms with E-state index in [1.165, 1.54) is 24.3 Å². The summed E-state index contributed by atoms with van der Waals surface area (Å²) in [6.45, 7) is 1.65. The van der Waals surface area contributed by atoms with Gasteiger partial charge in [-0.2, -0.15) is 0 Å². The van der Waals surface area contributed by atoms with Gasteiger partial charge in [0.2, 0.25) is 12.1 Å². The zero-order valence-electron chi connectivity index (χ0n) is 21.1. The third-order valence-electron chi connectivity index (χ3n) is 6.43. The van der Waals surface area contributed by atoms with Crippen molar-refractivity contribution >= 4 is 51.9 Å². The van der Waals surface area contributed by atoms with Crippen molar-refractivity contribution < 1.29 is 23.1 Å². The van der Waals surface area contributed by atoms with Gasteiger partial charge >= 0.3 is 6.03 Å². The third kappa shape index (κ3) is 5.89. The predicted octanol–water partition coefficient (Wildman–Crippen LogP) is 3.58. The highest BCUT2D eigenvalue weighted by Crippen LogP contribution is 2.35. The number of benzodiazepines with no additional fused rings is 1. The summed E-state index contributed by atoms with van der Waals surface area (Å²) < 4.78 is 23.6. The molecule has 1 aliphatic heterocycles. The highest BCUT2D eigenvalue weighted by Gasteiger charge is 2.36. The Morgan fingerprint density at radius 1 is 1.05 bits per heavy atom.